The number of hydrogen-bond donors (Lipinski definition) is 0. The monoisotopic (exact) mass is 428 g/mol. The number of carbonyl (C=O) groups is 2. The highest BCUT2D eigenvalue weighted by Gasteiger charge is 2.29. The zero-order valence-electron chi connectivity index (χ0n) is 15.8. The van der Waals surface area contributed by atoms with Crippen LogP contribution in [-0.4, -0.2) is 41.2 Å². The van der Waals surface area contributed by atoms with E-state index in [1.54, 1.807) is 17.0 Å². The molecule has 142 valence electrons. The Morgan fingerprint density at radius 2 is 1.85 bits per heavy atom. The maximum absolute atomic E-state index is 13.0. The van der Waals surface area contributed by atoms with Gasteiger partial charge in [-0.3, -0.25) is 9.59 Å². The van der Waals surface area contributed by atoms with E-state index in [0.29, 0.717) is 18.7 Å². The van der Waals surface area contributed by atoms with Crippen molar-refractivity contribution in [3.05, 3.63) is 69.7 Å². The maximum atomic E-state index is 13.0. The van der Waals surface area contributed by atoms with E-state index in [4.69, 9.17) is 0 Å². The van der Waals surface area contributed by atoms with Crippen molar-refractivity contribution in [1.82, 2.24) is 9.80 Å². The smallest absolute Gasteiger partial charge is 0.254 e. The van der Waals surface area contributed by atoms with E-state index in [9.17, 15) is 9.59 Å². The minimum Gasteiger partial charge on any atom is -0.334 e. The Bertz CT molecular complexity index is 819. The Hall–Kier alpha value is -2.14. The molecule has 1 atom stereocenters. The van der Waals surface area contributed by atoms with Crippen molar-refractivity contribution in [2.75, 3.05) is 19.6 Å². The summed E-state index contributed by atoms with van der Waals surface area (Å²) in [6.45, 7) is 5.47. The Balaban J connectivity index is 1.74. The second-order valence-corrected chi connectivity index (χ2v) is 7.86. The van der Waals surface area contributed by atoms with Crippen LogP contribution >= 0.6 is 15.9 Å². The first-order chi connectivity index (χ1) is 13.0. The minimum absolute atomic E-state index is 0.0101. The predicted octanol–water partition coefficient (Wildman–Crippen LogP) is 4.45. The predicted molar refractivity (Wildman–Crippen MR) is 111 cm³/mol. The number of hydrogen-bond acceptors (Lipinski definition) is 2. The number of nitrogens with zero attached hydrogens (tertiary/aromatic N) is 2. The van der Waals surface area contributed by atoms with Crippen LogP contribution in [0.25, 0.3) is 0 Å². The normalized spacial score (nSPS) is 16.0. The Morgan fingerprint density at radius 1 is 1.15 bits per heavy atom. The van der Waals surface area contributed by atoms with E-state index in [0.717, 1.165) is 17.3 Å². The van der Waals surface area contributed by atoms with Gasteiger partial charge < -0.3 is 9.80 Å². The molecular weight excluding hydrogens is 404 g/mol. The molecule has 0 fully saturated rings. The topological polar surface area (TPSA) is 40.6 Å². The molecular formula is C22H25BrN2O2. The summed E-state index contributed by atoms with van der Waals surface area (Å²) in [6, 6.07) is 15.6. The molecule has 2 aromatic carbocycles. The number of halogens is 1. The van der Waals surface area contributed by atoms with E-state index < -0.39 is 0 Å². The lowest BCUT2D eigenvalue weighted by Gasteiger charge is -2.36. The summed E-state index contributed by atoms with van der Waals surface area (Å²) in [7, 11) is 0. The molecule has 0 saturated carbocycles. The zero-order chi connectivity index (χ0) is 19.4. The molecule has 2 amide bonds. The summed E-state index contributed by atoms with van der Waals surface area (Å²) >= 11 is 3.39. The van der Waals surface area contributed by atoms with Gasteiger partial charge in [0, 0.05) is 23.1 Å². The highest BCUT2D eigenvalue weighted by Crippen LogP contribution is 2.29. The van der Waals surface area contributed by atoms with Gasteiger partial charge in [0.15, 0.2) is 0 Å². The third kappa shape index (κ3) is 4.41. The molecule has 0 spiro atoms. The largest absolute Gasteiger partial charge is 0.334 e. The molecule has 2 aromatic rings. The van der Waals surface area contributed by atoms with Gasteiger partial charge in [-0.1, -0.05) is 47.1 Å². The molecule has 3 rings (SSSR count). The van der Waals surface area contributed by atoms with Crippen molar-refractivity contribution in [3.63, 3.8) is 0 Å². The molecule has 0 aromatic heterocycles. The SMILES string of the molecule is CCCN(CC(=O)N1CCc2ccccc2C1C)C(=O)c1ccc(Br)cc1. The van der Waals surface area contributed by atoms with Gasteiger partial charge in [-0.25, -0.2) is 0 Å². The van der Waals surface area contributed by atoms with E-state index in [-0.39, 0.29) is 24.4 Å². The third-order valence-electron chi connectivity index (χ3n) is 5.11. The number of carbonyl (C=O) groups excluding carboxylic acids is 2. The van der Waals surface area contributed by atoms with Crippen LogP contribution in [0.2, 0.25) is 0 Å². The van der Waals surface area contributed by atoms with Gasteiger partial charge in [-0.15, -0.1) is 0 Å². The average molecular weight is 429 g/mol. The van der Waals surface area contributed by atoms with Crippen LogP contribution in [0.3, 0.4) is 0 Å². The fourth-order valence-corrected chi connectivity index (χ4v) is 3.93. The number of amides is 2. The van der Waals surface area contributed by atoms with Gasteiger partial charge in [-0.05, 0) is 55.2 Å². The quantitative estimate of drug-likeness (QED) is 0.705. The average Bonchev–Trinajstić information content (AvgIpc) is 2.68. The summed E-state index contributed by atoms with van der Waals surface area (Å²) in [5.41, 5.74) is 3.13. The Kier molecular flexibility index (Phi) is 6.32. The summed E-state index contributed by atoms with van der Waals surface area (Å²) < 4.78 is 0.929. The molecule has 0 bridgehead atoms. The van der Waals surface area contributed by atoms with Gasteiger partial charge in [-0.2, -0.15) is 0 Å². The molecule has 4 nitrogen and oxygen atoms in total. The van der Waals surface area contributed by atoms with Crippen LogP contribution < -0.4 is 0 Å². The molecule has 1 unspecified atom stereocenters. The third-order valence-corrected chi connectivity index (χ3v) is 5.64. The van der Waals surface area contributed by atoms with Gasteiger partial charge >= 0.3 is 0 Å². The standard InChI is InChI=1S/C22H25BrN2O2/c1-3-13-24(22(27)18-8-10-19(23)11-9-18)15-21(26)25-14-12-17-6-4-5-7-20(17)16(25)2/h4-11,16H,3,12-15H2,1-2H3. The van der Waals surface area contributed by atoms with Crippen LogP contribution in [0.15, 0.2) is 53.0 Å². The van der Waals surface area contributed by atoms with Crippen molar-refractivity contribution < 1.29 is 9.59 Å². The number of fused-ring (bicyclic) bond motifs is 1. The molecule has 1 aliphatic rings. The first kappa shape index (κ1) is 19.6. The molecule has 27 heavy (non-hydrogen) atoms. The van der Waals surface area contributed by atoms with Crippen molar-refractivity contribution in [1.29, 1.82) is 0 Å². The highest BCUT2D eigenvalue weighted by molar-refractivity contribution is 9.10. The maximum Gasteiger partial charge on any atom is 0.254 e. The first-order valence-electron chi connectivity index (χ1n) is 9.43. The van der Waals surface area contributed by atoms with E-state index >= 15 is 0 Å². The second kappa shape index (κ2) is 8.70. The zero-order valence-corrected chi connectivity index (χ0v) is 17.4. The van der Waals surface area contributed by atoms with Crippen LogP contribution in [-0.2, 0) is 11.2 Å². The van der Waals surface area contributed by atoms with Gasteiger partial charge in [0.1, 0.15) is 6.54 Å². The van der Waals surface area contributed by atoms with Crippen LogP contribution in [0.5, 0.6) is 0 Å². The number of rotatable bonds is 5. The Labute approximate surface area is 169 Å². The summed E-state index contributed by atoms with van der Waals surface area (Å²) in [5.74, 6) is -0.0846. The fraction of sp³-hybridized carbons (Fsp3) is 0.364. The first-order valence-corrected chi connectivity index (χ1v) is 10.2. The summed E-state index contributed by atoms with van der Waals surface area (Å²) in [5, 5.41) is 0. The van der Waals surface area contributed by atoms with Gasteiger partial charge in [0.25, 0.3) is 5.91 Å². The van der Waals surface area contributed by atoms with Crippen LogP contribution in [0.4, 0.5) is 0 Å². The summed E-state index contributed by atoms with van der Waals surface area (Å²) in [6.07, 6.45) is 1.68. The molecule has 0 radical (unpaired) electrons. The van der Waals surface area contributed by atoms with Crippen molar-refractivity contribution in [3.8, 4) is 0 Å². The van der Waals surface area contributed by atoms with Gasteiger partial charge in [0.05, 0.1) is 6.04 Å². The second-order valence-electron chi connectivity index (χ2n) is 6.95. The van der Waals surface area contributed by atoms with Crippen molar-refractivity contribution in [2.45, 2.75) is 32.7 Å². The highest BCUT2D eigenvalue weighted by atomic mass is 79.9. The molecule has 1 aliphatic heterocycles. The van der Waals surface area contributed by atoms with Crippen LogP contribution in [0, 0.1) is 0 Å². The van der Waals surface area contributed by atoms with E-state index in [1.165, 1.54) is 11.1 Å². The minimum atomic E-state index is -0.0947. The van der Waals surface area contributed by atoms with E-state index in [2.05, 4.69) is 35.0 Å². The Morgan fingerprint density at radius 3 is 2.56 bits per heavy atom. The molecule has 1 heterocycles. The summed E-state index contributed by atoms with van der Waals surface area (Å²) in [4.78, 5) is 29.5. The van der Waals surface area contributed by atoms with Crippen molar-refractivity contribution >= 4 is 27.7 Å². The molecule has 0 N–H and O–H groups in total. The molecule has 0 aliphatic carbocycles. The lowest BCUT2D eigenvalue weighted by atomic mass is 9.93. The lowest BCUT2D eigenvalue weighted by Crippen LogP contribution is -2.46. The van der Waals surface area contributed by atoms with Crippen molar-refractivity contribution in [2.24, 2.45) is 0 Å². The van der Waals surface area contributed by atoms with Crippen LogP contribution in [0.1, 0.15) is 47.8 Å². The van der Waals surface area contributed by atoms with Gasteiger partial charge in [0.2, 0.25) is 5.91 Å². The number of benzene rings is 2. The fourth-order valence-electron chi connectivity index (χ4n) is 3.66. The molecule has 0 saturated heterocycles. The molecule has 5 heteroatoms. The van der Waals surface area contributed by atoms with E-state index in [1.807, 2.05) is 36.1 Å². The lowest BCUT2D eigenvalue weighted by molar-refractivity contribution is -0.134.